The molecule has 0 radical (unpaired) electrons. The second kappa shape index (κ2) is 8.35. The Labute approximate surface area is 179 Å². The highest BCUT2D eigenvalue weighted by molar-refractivity contribution is 5.95. The van der Waals surface area contributed by atoms with E-state index < -0.39 is 0 Å². The van der Waals surface area contributed by atoms with Crippen LogP contribution in [0.3, 0.4) is 0 Å². The lowest BCUT2D eigenvalue weighted by Gasteiger charge is -2.35. The van der Waals surface area contributed by atoms with E-state index in [0.717, 1.165) is 16.9 Å². The number of carbonyl (C=O) groups excluding carboxylic acids is 1. The summed E-state index contributed by atoms with van der Waals surface area (Å²) >= 11 is 0. The van der Waals surface area contributed by atoms with Crippen LogP contribution in [0.15, 0.2) is 79.6 Å². The van der Waals surface area contributed by atoms with E-state index in [9.17, 15) is 4.79 Å². The van der Waals surface area contributed by atoms with Crippen LogP contribution in [0.25, 0.3) is 16.9 Å². The third-order valence-corrected chi connectivity index (χ3v) is 5.42. The number of anilines is 1. The number of carbonyl (C=O) groups is 1. The van der Waals surface area contributed by atoms with Gasteiger partial charge < -0.3 is 9.80 Å². The van der Waals surface area contributed by atoms with Crippen molar-refractivity contribution in [3.8, 4) is 16.9 Å². The summed E-state index contributed by atoms with van der Waals surface area (Å²) < 4.78 is 1.60. The van der Waals surface area contributed by atoms with E-state index in [1.165, 1.54) is 12.7 Å². The zero-order valence-corrected chi connectivity index (χ0v) is 16.9. The largest absolute Gasteiger partial charge is 0.353 e. The van der Waals surface area contributed by atoms with Gasteiger partial charge in [0, 0.05) is 37.8 Å². The van der Waals surface area contributed by atoms with Gasteiger partial charge in [-0.05, 0) is 23.3 Å². The number of amides is 1. The molecular formula is C23H21N7O. The second-order valence-corrected chi connectivity index (χ2v) is 7.30. The molecule has 0 spiro atoms. The molecule has 0 bridgehead atoms. The van der Waals surface area contributed by atoms with Crippen LogP contribution in [0.5, 0.6) is 0 Å². The maximum absolute atomic E-state index is 13.0. The van der Waals surface area contributed by atoms with Gasteiger partial charge in [-0.3, -0.25) is 4.79 Å². The van der Waals surface area contributed by atoms with Crippen molar-refractivity contribution in [2.24, 2.45) is 0 Å². The first-order valence-electron chi connectivity index (χ1n) is 10.1. The van der Waals surface area contributed by atoms with Gasteiger partial charge in [0.05, 0.1) is 0 Å². The molecule has 3 heterocycles. The minimum Gasteiger partial charge on any atom is -0.353 e. The Balaban J connectivity index is 1.23. The predicted molar refractivity (Wildman–Crippen MR) is 117 cm³/mol. The fourth-order valence-electron chi connectivity index (χ4n) is 3.72. The lowest BCUT2D eigenvalue weighted by molar-refractivity contribution is 0.0746. The molecule has 8 nitrogen and oxygen atoms in total. The van der Waals surface area contributed by atoms with Gasteiger partial charge in [-0.15, -0.1) is 0 Å². The van der Waals surface area contributed by atoms with E-state index in [1.54, 1.807) is 11.0 Å². The summed E-state index contributed by atoms with van der Waals surface area (Å²) in [6.07, 6.45) is 4.60. The van der Waals surface area contributed by atoms with Crippen LogP contribution in [-0.2, 0) is 0 Å². The van der Waals surface area contributed by atoms with E-state index in [-0.39, 0.29) is 5.91 Å². The molecule has 1 saturated heterocycles. The number of benzene rings is 2. The molecule has 4 aromatic rings. The van der Waals surface area contributed by atoms with Crippen LogP contribution in [0, 0.1) is 0 Å². The van der Waals surface area contributed by atoms with E-state index in [0.29, 0.717) is 37.6 Å². The maximum atomic E-state index is 13.0. The summed E-state index contributed by atoms with van der Waals surface area (Å²) in [6.45, 7) is 2.70. The monoisotopic (exact) mass is 411 g/mol. The number of nitrogens with zero attached hydrogens (tertiary/aromatic N) is 7. The molecular weight excluding hydrogens is 390 g/mol. The van der Waals surface area contributed by atoms with Gasteiger partial charge in [-0.2, -0.15) is 5.10 Å². The normalized spacial score (nSPS) is 13.9. The zero-order chi connectivity index (χ0) is 21.0. The third kappa shape index (κ3) is 4.00. The lowest BCUT2D eigenvalue weighted by atomic mass is 10.0. The second-order valence-electron chi connectivity index (χ2n) is 7.30. The number of hydrogen-bond donors (Lipinski definition) is 0. The summed E-state index contributed by atoms with van der Waals surface area (Å²) in [7, 11) is 0. The summed E-state index contributed by atoms with van der Waals surface area (Å²) in [6, 6.07) is 19.9. The average Bonchev–Trinajstić information content (AvgIpc) is 3.40. The van der Waals surface area contributed by atoms with E-state index in [2.05, 4.69) is 37.1 Å². The highest BCUT2D eigenvalue weighted by atomic mass is 16.2. The van der Waals surface area contributed by atoms with Crippen LogP contribution < -0.4 is 4.90 Å². The number of rotatable bonds is 4. The van der Waals surface area contributed by atoms with Crippen molar-refractivity contribution in [1.29, 1.82) is 0 Å². The van der Waals surface area contributed by atoms with Gasteiger partial charge in [-0.1, -0.05) is 42.5 Å². The molecule has 0 unspecified atom stereocenters. The Kier molecular flexibility index (Phi) is 5.10. The molecule has 1 amide bonds. The molecule has 0 atom stereocenters. The van der Waals surface area contributed by atoms with E-state index >= 15 is 0 Å². The fourth-order valence-corrected chi connectivity index (χ4v) is 3.72. The molecule has 0 N–H and O–H groups in total. The minimum atomic E-state index is 0.0604. The minimum absolute atomic E-state index is 0.0604. The molecule has 154 valence electrons. The summed E-state index contributed by atoms with van der Waals surface area (Å²) in [5.41, 5.74) is 2.96. The topological polar surface area (TPSA) is 80.0 Å². The van der Waals surface area contributed by atoms with Gasteiger partial charge >= 0.3 is 0 Å². The van der Waals surface area contributed by atoms with Crippen molar-refractivity contribution >= 4 is 11.7 Å². The highest BCUT2D eigenvalue weighted by Crippen LogP contribution is 2.21. The molecule has 5 rings (SSSR count). The summed E-state index contributed by atoms with van der Waals surface area (Å²) in [4.78, 5) is 29.6. The van der Waals surface area contributed by atoms with Gasteiger partial charge in [0.1, 0.15) is 24.8 Å². The van der Waals surface area contributed by atoms with E-state index in [1.807, 2.05) is 53.4 Å². The molecule has 1 aliphatic rings. The van der Waals surface area contributed by atoms with Crippen molar-refractivity contribution in [3.63, 3.8) is 0 Å². The van der Waals surface area contributed by atoms with Crippen LogP contribution in [-0.4, -0.2) is 61.7 Å². The van der Waals surface area contributed by atoms with E-state index in [4.69, 9.17) is 0 Å². The van der Waals surface area contributed by atoms with Crippen molar-refractivity contribution < 1.29 is 4.79 Å². The zero-order valence-electron chi connectivity index (χ0n) is 16.9. The lowest BCUT2D eigenvalue weighted by Crippen LogP contribution is -2.49. The fraction of sp³-hybridized carbons (Fsp3) is 0.174. The van der Waals surface area contributed by atoms with Crippen molar-refractivity contribution in [3.05, 3.63) is 85.2 Å². The Bertz CT molecular complexity index is 1150. The first-order valence-corrected chi connectivity index (χ1v) is 10.1. The van der Waals surface area contributed by atoms with Crippen LogP contribution in [0.2, 0.25) is 0 Å². The molecule has 0 saturated carbocycles. The Morgan fingerprint density at radius 2 is 1.48 bits per heavy atom. The number of hydrogen-bond acceptors (Lipinski definition) is 6. The average molecular weight is 411 g/mol. The molecule has 1 aliphatic heterocycles. The number of aromatic nitrogens is 5. The molecule has 0 aliphatic carbocycles. The summed E-state index contributed by atoms with van der Waals surface area (Å²) in [5.74, 6) is 1.55. The first-order chi connectivity index (χ1) is 15.3. The highest BCUT2D eigenvalue weighted by Gasteiger charge is 2.23. The van der Waals surface area contributed by atoms with Gasteiger partial charge in [0.25, 0.3) is 5.91 Å². The molecule has 31 heavy (non-hydrogen) atoms. The molecule has 1 fully saturated rings. The van der Waals surface area contributed by atoms with Crippen LogP contribution >= 0.6 is 0 Å². The van der Waals surface area contributed by atoms with Gasteiger partial charge in [0.15, 0.2) is 5.82 Å². The standard InChI is InChI=1S/C23H21N7O/c31-23(20-8-6-19(7-9-20)18-4-2-1-3-5-18)29-12-10-28(11-13-29)21-14-22(26-16-25-21)30-17-24-15-27-30/h1-9,14-17H,10-13H2. The number of piperazine rings is 1. The Morgan fingerprint density at radius 1 is 0.774 bits per heavy atom. The van der Waals surface area contributed by atoms with Crippen LogP contribution in [0.4, 0.5) is 5.82 Å². The molecule has 2 aromatic carbocycles. The summed E-state index contributed by atoms with van der Waals surface area (Å²) in [5, 5.41) is 4.11. The quantitative estimate of drug-likeness (QED) is 0.514. The Hall–Kier alpha value is -4.07. The predicted octanol–water partition coefficient (Wildman–Crippen LogP) is 2.69. The molecule has 2 aromatic heterocycles. The Morgan fingerprint density at radius 3 is 2.19 bits per heavy atom. The SMILES string of the molecule is O=C(c1ccc(-c2ccccc2)cc1)N1CCN(c2cc(-n3cncn3)ncn2)CC1. The smallest absolute Gasteiger partial charge is 0.253 e. The van der Waals surface area contributed by atoms with Gasteiger partial charge in [0.2, 0.25) is 0 Å². The van der Waals surface area contributed by atoms with Crippen molar-refractivity contribution in [2.75, 3.05) is 31.1 Å². The van der Waals surface area contributed by atoms with Crippen LogP contribution in [0.1, 0.15) is 10.4 Å². The first kappa shape index (κ1) is 18.9. The van der Waals surface area contributed by atoms with Gasteiger partial charge in [-0.25, -0.2) is 19.6 Å². The molecule has 8 heteroatoms. The van der Waals surface area contributed by atoms with Crippen molar-refractivity contribution in [2.45, 2.75) is 0 Å². The maximum Gasteiger partial charge on any atom is 0.253 e. The van der Waals surface area contributed by atoms with Crippen molar-refractivity contribution in [1.82, 2.24) is 29.6 Å². The third-order valence-electron chi connectivity index (χ3n) is 5.42.